The molecule has 2 aromatic rings. The highest BCUT2D eigenvalue weighted by molar-refractivity contribution is 5.52. The fraction of sp³-hybridized carbons (Fsp3) is 0.353. The number of aromatic nitrogens is 1. The van der Waals surface area contributed by atoms with Gasteiger partial charge in [0.15, 0.2) is 11.6 Å². The van der Waals surface area contributed by atoms with Gasteiger partial charge in [0.2, 0.25) is 0 Å². The van der Waals surface area contributed by atoms with Crippen molar-refractivity contribution < 1.29 is 4.74 Å². The van der Waals surface area contributed by atoms with Crippen LogP contribution >= 0.6 is 0 Å². The van der Waals surface area contributed by atoms with Crippen LogP contribution < -0.4 is 15.4 Å². The first-order valence-electron chi connectivity index (χ1n) is 7.41. The summed E-state index contributed by atoms with van der Waals surface area (Å²) in [7, 11) is 0. The molecule has 1 heterocycles. The molecule has 0 spiro atoms. The van der Waals surface area contributed by atoms with Gasteiger partial charge in [0.1, 0.15) is 0 Å². The van der Waals surface area contributed by atoms with Crippen LogP contribution in [-0.2, 0) is 6.54 Å². The predicted molar refractivity (Wildman–Crippen MR) is 87.6 cm³/mol. The van der Waals surface area contributed by atoms with Gasteiger partial charge in [-0.05, 0) is 43.2 Å². The van der Waals surface area contributed by atoms with Gasteiger partial charge < -0.3 is 15.4 Å². The second kappa shape index (κ2) is 7.53. The molecule has 1 aromatic heterocycles. The number of anilines is 2. The molecule has 0 aliphatic rings. The van der Waals surface area contributed by atoms with Gasteiger partial charge in [-0.25, -0.2) is 4.98 Å². The number of hydrogen-bond acceptors (Lipinski definition) is 4. The summed E-state index contributed by atoms with van der Waals surface area (Å²) in [5, 5.41) is 0. The molecule has 4 nitrogen and oxygen atoms in total. The molecule has 0 atom stereocenters. The molecular weight excluding hydrogens is 262 g/mol. The van der Waals surface area contributed by atoms with Crippen molar-refractivity contribution in [3.05, 3.63) is 48.2 Å². The van der Waals surface area contributed by atoms with Crippen LogP contribution in [0.1, 0.15) is 25.8 Å². The summed E-state index contributed by atoms with van der Waals surface area (Å²) < 4.78 is 5.70. The average molecular weight is 285 g/mol. The van der Waals surface area contributed by atoms with Crippen LogP contribution in [-0.4, -0.2) is 18.1 Å². The van der Waals surface area contributed by atoms with Crippen molar-refractivity contribution in [3.63, 3.8) is 0 Å². The maximum absolute atomic E-state index is 5.74. The standard InChI is InChI=1S/C17H23N3O/c1-3-12-20(13-14-7-9-15(18)10-8-14)17-16(21-4-2)6-5-11-19-17/h5-11H,3-4,12-13,18H2,1-2H3. The summed E-state index contributed by atoms with van der Waals surface area (Å²) in [6.45, 7) is 6.52. The lowest BCUT2D eigenvalue weighted by Gasteiger charge is -2.25. The fourth-order valence-corrected chi connectivity index (χ4v) is 2.26. The van der Waals surface area contributed by atoms with Gasteiger partial charge in [0.05, 0.1) is 6.61 Å². The van der Waals surface area contributed by atoms with Crippen LogP contribution in [0.4, 0.5) is 11.5 Å². The Morgan fingerprint density at radius 3 is 2.57 bits per heavy atom. The van der Waals surface area contributed by atoms with Gasteiger partial charge in [0, 0.05) is 25.0 Å². The smallest absolute Gasteiger partial charge is 0.171 e. The molecule has 0 saturated heterocycles. The van der Waals surface area contributed by atoms with Crippen molar-refractivity contribution in [2.45, 2.75) is 26.8 Å². The molecule has 0 aliphatic carbocycles. The van der Waals surface area contributed by atoms with Crippen molar-refractivity contribution in [1.82, 2.24) is 4.98 Å². The molecule has 0 aliphatic heterocycles. The van der Waals surface area contributed by atoms with E-state index in [4.69, 9.17) is 10.5 Å². The molecule has 21 heavy (non-hydrogen) atoms. The molecular formula is C17H23N3O. The lowest BCUT2D eigenvalue weighted by Crippen LogP contribution is -2.25. The normalized spacial score (nSPS) is 10.4. The Kier molecular flexibility index (Phi) is 5.43. The number of rotatable bonds is 7. The Morgan fingerprint density at radius 1 is 1.14 bits per heavy atom. The molecule has 0 amide bonds. The Balaban J connectivity index is 2.24. The van der Waals surface area contributed by atoms with E-state index < -0.39 is 0 Å². The zero-order chi connectivity index (χ0) is 15.1. The monoisotopic (exact) mass is 285 g/mol. The zero-order valence-corrected chi connectivity index (χ0v) is 12.7. The largest absolute Gasteiger partial charge is 0.490 e. The average Bonchev–Trinajstić information content (AvgIpc) is 2.50. The van der Waals surface area contributed by atoms with Crippen LogP contribution in [0.5, 0.6) is 5.75 Å². The minimum atomic E-state index is 0.639. The van der Waals surface area contributed by atoms with E-state index in [0.29, 0.717) is 6.61 Å². The second-order valence-corrected chi connectivity index (χ2v) is 4.92. The summed E-state index contributed by atoms with van der Waals surface area (Å²) in [5.41, 5.74) is 7.74. The number of benzene rings is 1. The summed E-state index contributed by atoms with van der Waals surface area (Å²) in [5.74, 6) is 1.74. The first kappa shape index (κ1) is 15.2. The summed E-state index contributed by atoms with van der Waals surface area (Å²) >= 11 is 0. The molecule has 2 rings (SSSR count). The summed E-state index contributed by atoms with van der Waals surface area (Å²) in [4.78, 5) is 6.75. The van der Waals surface area contributed by atoms with Crippen molar-refractivity contribution >= 4 is 11.5 Å². The molecule has 0 fully saturated rings. The van der Waals surface area contributed by atoms with E-state index in [1.54, 1.807) is 0 Å². The highest BCUT2D eigenvalue weighted by Crippen LogP contribution is 2.27. The maximum atomic E-state index is 5.74. The van der Waals surface area contributed by atoms with E-state index >= 15 is 0 Å². The Morgan fingerprint density at radius 2 is 1.90 bits per heavy atom. The number of nitrogens with two attached hydrogens (primary N) is 1. The minimum absolute atomic E-state index is 0.639. The van der Waals surface area contributed by atoms with Gasteiger partial charge in [-0.3, -0.25) is 0 Å². The highest BCUT2D eigenvalue weighted by atomic mass is 16.5. The van der Waals surface area contributed by atoms with Gasteiger partial charge in [-0.2, -0.15) is 0 Å². The third-order valence-corrected chi connectivity index (χ3v) is 3.20. The first-order valence-corrected chi connectivity index (χ1v) is 7.41. The Hall–Kier alpha value is -2.23. The Labute approximate surface area is 126 Å². The van der Waals surface area contributed by atoms with E-state index in [0.717, 1.165) is 36.8 Å². The predicted octanol–water partition coefficient (Wildman–Crippen LogP) is 3.48. The number of nitrogens with zero attached hydrogens (tertiary/aromatic N) is 2. The first-order chi connectivity index (χ1) is 10.2. The minimum Gasteiger partial charge on any atom is -0.490 e. The molecule has 112 valence electrons. The van der Waals surface area contributed by atoms with Gasteiger partial charge >= 0.3 is 0 Å². The van der Waals surface area contributed by atoms with Gasteiger partial charge in [0.25, 0.3) is 0 Å². The molecule has 0 saturated carbocycles. The van der Waals surface area contributed by atoms with E-state index in [2.05, 4.69) is 28.9 Å². The fourth-order valence-electron chi connectivity index (χ4n) is 2.26. The van der Waals surface area contributed by atoms with Crippen molar-refractivity contribution in [2.24, 2.45) is 0 Å². The summed E-state index contributed by atoms with van der Waals surface area (Å²) in [6.07, 6.45) is 2.86. The SMILES string of the molecule is CCCN(Cc1ccc(N)cc1)c1ncccc1OCC. The van der Waals surface area contributed by atoms with E-state index in [-0.39, 0.29) is 0 Å². The van der Waals surface area contributed by atoms with Gasteiger partial charge in [-0.1, -0.05) is 19.1 Å². The van der Waals surface area contributed by atoms with Crippen molar-refractivity contribution in [2.75, 3.05) is 23.8 Å². The summed E-state index contributed by atoms with van der Waals surface area (Å²) in [6, 6.07) is 11.9. The molecule has 0 radical (unpaired) electrons. The molecule has 2 N–H and O–H groups in total. The highest BCUT2D eigenvalue weighted by Gasteiger charge is 2.13. The zero-order valence-electron chi connectivity index (χ0n) is 12.7. The lowest BCUT2D eigenvalue weighted by atomic mass is 10.2. The van der Waals surface area contributed by atoms with Crippen LogP contribution in [0.25, 0.3) is 0 Å². The third kappa shape index (κ3) is 4.12. The van der Waals surface area contributed by atoms with Crippen LogP contribution in [0, 0.1) is 0 Å². The van der Waals surface area contributed by atoms with E-state index in [9.17, 15) is 0 Å². The number of hydrogen-bond donors (Lipinski definition) is 1. The number of nitrogen functional groups attached to an aromatic ring is 1. The van der Waals surface area contributed by atoms with Crippen LogP contribution in [0.2, 0.25) is 0 Å². The van der Waals surface area contributed by atoms with Crippen molar-refractivity contribution in [3.8, 4) is 5.75 Å². The molecule has 1 aromatic carbocycles. The lowest BCUT2D eigenvalue weighted by molar-refractivity contribution is 0.339. The van der Waals surface area contributed by atoms with Crippen molar-refractivity contribution in [1.29, 1.82) is 0 Å². The number of ether oxygens (including phenoxy) is 1. The molecule has 0 unspecified atom stereocenters. The van der Waals surface area contributed by atoms with Crippen LogP contribution in [0.3, 0.4) is 0 Å². The molecule has 4 heteroatoms. The maximum Gasteiger partial charge on any atom is 0.171 e. The van der Waals surface area contributed by atoms with E-state index in [1.165, 1.54) is 5.56 Å². The Bertz CT molecular complexity index is 554. The molecule has 0 bridgehead atoms. The van der Waals surface area contributed by atoms with Gasteiger partial charge in [-0.15, -0.1) is 0 Å². The third-order valence-electron chi connectivity index (χ3n) is 3.20. The second-order valence-electron chi connectivity index (χ2n) is 4.92. The topological polar surface area (TPSA) is 51.4 Å². The number of pyridine rings is 1. The quantitative estimate of drug-likeness (QED) is 0.791. The van der Waals surface area contributed by atoms with E-state index in [1.807, 2.05) is 37.4 Å². The van der Waals surface area contributed by atoms with Crippen LogP contribution in [0.15, 0.2) is 42.6 Å².